The SMILES string of the molecule is Cc1ccc(CNC(=O)c2ccc3c(c2)CN(S(=O)(=O)c2ccc(C)c(C)c2)CCO3)cc1. The summed E-state index contributed by atoms with van der Waals surface area (Å²) in [5, 5.41) is 2.92. The highest BCUT2D eigenvalue weighted by molar-refractivity contribution is 7.89. The van der Waals surface area contributed by atoms with Gasteiger partial charge in [0.05, 0.1) is 4.90 Å². The van der Waals surface area contributed by atoms with Crippen molar-refractivity contribution in [3.8, 4) is 5.75 Å². The van der Waals surface area contributed by atoms with E-state index in [2.05, 4.69) is 5.32 Å². The van der Waals surface area contributed by atoms with Crippen LogP contribution in [0.1, 0.15) is 38.2 Å². The van der Waals surface area contributed by atoms with Gasteiger partial charge in [-0.2, -0.15) is 4.31 Å². The van der Waals surface area contributed by atoms with Crippen LogP contribution < -0.4 is 10.1 Å². The molecule has 0 spiro atoms. The van der Waals surface area contributed by atoms with Crippen LogP contribution in [0.2, 0.25) is 0 Å². The smallest absolute Gasteiger partial charge is 0.251 e. The number of nitrogens with zero attached hydrogens (tertiary/aromatic N) is 1. The molecule has 0 radical (unpaired) electrons. The first kappa shape index (κ1) is 23.0. The summed E-state index contributed by atoms with van der Waals surface area (Å²) in [5.74, 6) is 0.383. The van der Waals surface area contributed by atoms with Crippen molar-refractivity contribution in [3.05, 3.63) is 94.0 Å². The molecule has 0 aliphatic carbocycles. The number of nitrogens with one attached hydrogen (secondary N) is 1. The Morgan fingerprint density at radius 3 is 2.45 bits per heavy atom. The number of sulfonamides is 1. The summed E-state index contributed by atoms with van der Waals surface area (Å²) in [7, 11) is -3.70. The average molecular weight is 465 g/mol. The number of rotatable bonds is 5. The van der Waals surface area contributed by atoms with Crippen molar-refractivity contribution in [1.29, 1.82) is 0 Å². The first-order valence-corrected chi connectivity index (χ1v) is 12.3. The number of carbonyl (C=O) groups excluding carboxylic acids is 1. The third-order valence-electron chi connectivity index (χ3n) is 5.96. The Morgan fingerprint density at radius 1 is 0.970 bits per heavy atom. The lowest BCUT2D eigenvalue weighted by Crippen LogP contribution is -2.32. The zero-order valence-corrected chi connectivity index (χ0v) is 19.9. The lowest BCUT2D eigenvalue weighted by atomic mass is 10.1. The van der Waals surface area contributed by atoms with Crippen molar-refractivity contribution < 1.29 is 17.9 Å². The number of amides is 1. The van der Waals surface area contributed by atoms with Crippen molar-refractivity contribution in [3.63, 3.8) is 0 Å². The summed E-state index contributed by atoms with van der Waals surface area (Å²) in [5.41, 5.74) is 5.28. The van der Waals surface area contributed by atoms with Gasteiger partial charge in [0.1, 0.15) is 12.4 Å². The second-order valence-electron chi connectivity index (χ2n) is 8.42. The van der Waals surface area contributed by atoms with Crippen LogP contribution in [0.15, 0.2) is 65.6 Å². The van der Waals surface area contributed by atoms with Gasteiger partial charge < -0.3 is 10.1 Å². The fourth-order valence-corrected chi connectivity index (χ4v) is 5.22. The summed E-state index contributed by atoms with van der Waals surface area (Å²) < 4.78 is 33.8. The molecule has 7 heteroatoms. The highest BCUT2D eigenvalue weighted by Gasteiger charge is 2.28. The van der Waals surface area contributed by atoms with E-state index in [1.54, 1.807) is 30.3 Å². The Labute approximate surface area is 195 Å². The maximum absolute atomic E-state index is 13.3. The molecule has 33 heavy (non-hydrogen) atoms. The van der Waals surface area contributed by atoms with E-state index in [9.17, 15) is 13.2 Å². The van der Waals surface area contributed by atoms with Crippen LogP contribution in [-0.2, 0) is 23.1 Å². The Bertz CT molecular complexity index is 1280. The summed E-state index contributed by atoms with van der Waals surface area (Å²) in [6, 6.07) is 18.3. The van der Waals surface area contributed by atoms with E-state index < -0.39 is 10.0 Å². The van der Waals surface area contributed by atoms with Crippen LogP contribution in [0.3, 0.4) is 0 Å². The normalized spacial score (nSPS) is 14.2. The van der Waals surface area contributed by atoms with Gasteiger partial charge >= 0.3 is 0 Å². The van der Waals surface area contributed by atoms with Gasteiger partial charge in [0.2, 0.25) is 10.0 Å². The number of benzene rings is 3. The number of aryl methyl sites for hydroxylation is 3. The molecule has 6 nitrogen and oxygen atoms in total. The molecule has 3 aromatic carbocycles. The number of carbonyl (C=O) groups is 1. The number of hydrogen-bond donors (Lipinski definition) is 1. The highest BCUT2D eigenvalue weighted by Crippen LogP contribution is 2.28. The lowest BCUT2D eigenvalue weighted by Gasteiger charge is -2.20. The van der Waals surface area contributed by atoms with Gasteiger partial charge in [-0.05, 0) is 67.8 Å². The molecular weight excluding hydrogens is 436 g/mol. The molecule has 0 unspecified atom stereocenters. The molecule has 1 aliphatic rings. The molecule has 1 N–H and O–H groups in total. The summed E-state index contributed by atoms with van der Waals surface area (Å²) in [4.78, 5) is 13.0. The minimum absolute atomic E-state index is 0.143. The first-order chi connectivity index (χ1) is 15.7. The summed E-state index contributed by atoms with van der Waals surface area (Å²) in [6.45, 7) is 6.91. The maximum Gasteiger partial charge on any atom is 0.251 e. The zero-order valence-electron chi connectivity index (χ0n) is 19.1. The second kappa shape index (κ2) is 9.37. The fraction of sp³-hybridized carbons (Fsp3) is 0.269. The number of hydrogen-bond acceptors (Lipinski definition) is 4. The van der Waals surface area contributed by atoms with E-state index in [1.165, 1.54) is 4.31 Å². The highest BCUT2D eigenvalue weighted by atomic mass is 32.2. The first-order valence-electron chi connectivity index (χ1n) is 10.9. The molecular formula is C26H28N2O4S. The molecule has 1 aliphatic heterocycles. The molecule has 0 bridgehead atoms. The molecule has 0 saturated carbocycles. The molecule has 0 saturated heterocycles. The monoisotopic (exact) mass is 464 g/mol. The van der Waals surface area contributed by atoms with E-state index in [0.717, 1.165) is 22.3 Å². The van der Waals surface area contributed by atoms with Crippen molar-refractivity contribution in [1.82, 2.24) is 9.62 Å². The molecule has 1 heterocycles. The predicted octanol–water partition coefficient (Wildman–Crippen LogP) is 4.13. The van der Waals surface area contributed by atoms with Crippen molar-refractivity contribution >= 4 is 15.9 Å². The van der Waals surface area contributed by atoms with E-state index in [1.807, 2.05) is 51.1 Å². The quantitative estimate of drug-likeness (QED) is 0.616. The predicted molar refractivity (Wildman–Crippen MR) is 128 cm³/mol. The van der Waals surface area contributed by atoms with Crippen LogP contribution in [-0.4, -0.2) is 31.8 Å². The fourth-order valence-electron chi connectivity index (χ4n) is 3.73. The molecule has 0 atom stereocenters. The molecule has 0 aromatic heterocycles. The van der Waals surface area contributed by atoms with Gasteiger partial charge in [0.25, 0.3) is 5.91 Å². The average Bonchev–Trinajstić information content (AvgIpc) is 3.02. The van der Waals surface area contributed by atoms with Gasteiger partial charge in [-0.25, -0.2) is 8.42 Å². The largest absolute Gasteiger partial charge is 0.492 e. The standard InChI is InChI=1S/C26H28N2O4S/c1-18-4-7-21(8-5-18)16-27-26(29)22-9-11-25-23(15-22)17-28(12-13-32-25)33(30,31)24-10-6-19(2)20(3)14-24/h4-11,14-15H,12-13,16-17H2,1-3H3,(H,27,29). The molecule has 0 fully saturated rings. The van der Waals surface area contributed by atoms with Crippen molar-refractivity contribution in [2.75, 3.05) is 13.2 Å². The molecule has 4 rings (SSSR count). The minimum atomic E-state index is -3.70. The van der Waals surface area contributed by atoms with E-state index >= 15 is 0 Å². The van der Waals surface area contributed by atoms with Gasteiger partial charge in [-0.1, -0.05) is 35.9 Å². The lowest BCUT2D eigenvalue weighted by molar-refractivity contribution is 0.0950. The number of ether oxygens (including phenoxy) is 1. The van der Waals surface area contributed by atoms with Crippen molar-refractivity contribution in [2.24, 2.45) is 0 Å². The van der Waals surface area contributed by atoms with Gasteiger partial charge in [0.15, 0.2) is 0 Å². The summed E-state index contributed by atoms with van der Waals surface area (Å²) in [6.07, 6.45) is 0. The maximum atomic E-state index is 13.3. The molecule has 3 aromatic rings. The van der Waals surface area contributed by atoms with E-state index in [0.29, 0.717) is 23.4 Å². The Balaban J connectivity index is 1.53. The Morgan fingerprint density at radius 2 is 1.73 bits per heavy atom. The van der Waals surface area contributed by atoms with Gasteiger partial charge in [0, 0.05) is 30.8 Å². The van der Waals surface area contributed by atoms with E-state index in [4.69, 9.17) is 4.74 Å². The van der Waals surface area contributed by atoms with Crippen LogP contribution in [0, 0.1) is 20.8 Å². The van der Waals surface area contributed by atoms with Gasteiger partial charge in [-0.15, -0.1) is 0 Å². The van der Waals surface area contributed by atoms with E-state index in [-0.39, 0.29) is 30.5 Å². The molecule has 172 valence electrons. The topological polar surface area (TPSA) is 75.7 Å². The summed E-state index contributed by atoms with van der Waals surface area (Å²) >= 11 is 0. The van der Waals surface area contributed by atoms with Crippen LogP contribution in [0.5, 0.6) is 5.75 Å². The Hall–Kier alpha value is -3.16. The van der Waals surface area contributed by atoms with Crippen LogP contribution in [0.4, 0.5) is 0 Å². The zero-order chi connectivity index (χ0) is 23.6. The minimum Gasteiger partial charge on any atom is -0.492 e. The van der Waals surface area contributed by atoms with Crippen molar-refractivity contribution in [2.45, 2.75) is 38.8 Å². The molecule has 1 amide bonds. The second-order valence-corrected chi connectivity index (χ2v) is 10.4. The van der Waals surface area contributed by atoms with Gasteiger partial charge in [-0.3, -0.25) is 4.79 Å². The van der Waals surface area contributed by atoms with Crippen LogP contribution >= 0.6 is 0 Å². The third-order valence-corrected chi connectivity index (χ3v) is 7.80. The van der Waals surface area contributed by atoms with Crippen LogP contribution in [0.25, 0.3) is 0 Å². The number of fused-ring (bicyclic) bond motifs is 1. The third kappa shape index (κ3) is 5.10. The Kier molecular flexibility index (Phi) is 6.54.